The van der Waals surface area contributed by atoms with Gasteiger partial charge in [-0.3, -0.25) is 14.4 Å². The van der Waals surface area contributed by atoms with E-state index in [9.17, 15) is 49.2 Å². The largest absolute Gasteiger partial charge is 0.508 e. The Morgan fingerprint density at radius 1 is 0.600 bits per heavy atom. The van der Waals surface area contributed by atoms with Crippen LogP contribution < -0.4 is 15.6 Å². The first-order valence-corrected chi connectivity index (χ1v) is 21.7. The van der Waals surface area contributed by atoms with Gasteiger partial charge in [0.2, 0.25) is 0 Å². The molecule has 0 aromatic heterocycles. The summed E-state index contributed by atoms with van der Waals surface area (Å²) in [6.45, 7) is 0.769. The van der Waals surface area contributed by atoms with E-state index in [-0.39, 0.29) is 91.7 Å². The number of esters is 1. The molecule has 17 heteroatoms. The first-order chi connectivity index (χ1) is 31.3. The number of halogens is 2. The van der Waals surface area contributed by atoms with Crippen molar-refractivity contribution in [1.29, 1.82) is 0 Å². The van der Waals surface area contributed by atoms with E-state index in [0.717, 1.165) is 11.8 Å². The van der Waals surface area contributed by atoms with Crippen molar-refractivity contribution in [3.05, 3.63) is 146 Å². The summed E-state index contributed by atoms with van der Waals surface area (Å²) in [7, 11) is 0. The second kappa shape index (κ2) is 21.4. The minimum atomic E-state index is -1.18. The Labute approximate surface area is 384 Å². The van der Waals surface area contributed by atoms with Gasteiger partial charge >= 0.3 is 17.9 Å². The molecule has 8 rings (SSSR count). The number of phenols is 2. The number of ether oxygens (including phenoxy) is 2. The van der Waals surface area contributed by atoms with Crippen LogP contribution in [0.2, 0.25) is 0 Å². The Morgan fingerprint density at radius 2 is 1.11 bits per heavy atom. The molecule has 4 aromatic rings. The standard InChI is InChI=1S/C24H17BrO7.C21H12O7.C3H7BrO/c25-8-1-9-31-24(30)13-2-5-16(23(28)29)19(10-13)22-17-6-3-14(26)11-20(17)32-21-12-15(27)4-7-18(21)22;22-10-27-13-3-6-14(21(25)26)17(9-13)20-15-4-1-11(23)7-18(15)28-19-8-12(24)2-5-16(19)20;4-2-1-3-5/h2-7,10-12,26H,1,8-9H2,(H,28,29);1-10,23H,(H,25,26);5H,1-3H2. The van der Waals surface area contributed by atoms with Gasteiger partial charge in [-0.2, -0.15) is 0 Å². The Morgan fingerprint density at radius 3 is 1.57 bits per heavy atom. The topological polar surface area (TPSA) is 248 Å². The monoisotopic (exact) mass is 1010 g/mol. The summed E-state index contributed by atoms with van der Waals surface area (Å²) in [4.78, 5) is 70.8. The number of carboxylic acids is 2. The molecule has 2 aliphatic heterocycles. The number of rotatable bonds is 12. The van der Waals surface area contributed by atoms with E-state index in [1.54, 1.807) is 24.3 Å². The minimum Gasteiger partial charge on any atom is -0.508 e. The van der Waals surface area contributed by atoms with E-state index in [1.807, 2.05) is 0 Å². The third-order valence-electron chi connectivity index (χ3n) is 9.59. The van der Waals surface area contributed by atoms with Crippen molar-refractivity contribution >= 4 is 78.2 Å². The van der Waals surface area contributed by atoms with Crippen molar-refractivity contribution in [1.82, 2.24) is 0 Å². The number of carbonyl (C=O) groups is 4. The zero-order valence-electron chi connectivity index (χ0n) is 33.8. The molecule has 0 saturated carbocycles. The van der Waals surface area contributed by atoms with E-state index in [0.29, 0.717) is 51.4 Å². The lowest BCUT2D eigenvalue weighted by atomic mass is 9.89. The smallest absolute Gasteiger partial charge is 0.338 e. The third kappa shape index (κ3) is 10.9. The van der Waals surface area contributed by atoms with Crippen LogP contribution in [0.1, 0.15) is 43.9 Å². The minimum absolute atomic E-state index is 0.0219. The van der Waals surface area contributed by atoms with Gasteiger partial charge in [-0.1, -0.05) is 31.9 Å². The number of aliphatic hydroxyl groups is 1. The molecule has 0 bridgehead atoms. The molecule has 5 N–H and O–H groups in total. The predicted molar refractivity (Wildman–Crippen MR) is 247 cm³/mol. The normalized spacial score (nSPS) is 10.8. The van der Waals surface area contributed by atoms with Gasteiger partial charge in [0.25, 0.3) is 6.47 Å². The average molecular weight is 1010 g/mol. The number of benzene rings is 6. The van der Waals surface area contributed by atoms with E-state index < -0.39 is 17.9 Å². The number of carboxylic acid groups (broad SMARTS) is 2. The maximum Gasteiger partial charge on any atom is 0.338 e. The number of phenolic OH excluding ortho intramolecular Hbond substituents is 2. The summed E-state index contributed by atoms with van der Waals surface area (Å²) in [6, 6.07) is 25.6. The molecule has 0 saturated heterocycles. The molecule has 0 amide bonds. The fourth-order valence-corrected chi connectivity index (χ4v) is 7.25. The fourth-order valence-electron chi connectivity index (χ4n) is 6.77. The summed E-state index contributed by atoms with van der Waals surface area (Å²) in [5, 5.41) is 49.8. The molecule has 0 fully saturated rings. The average Bonchev–Trinajstić information content (AvgIpc) is 3.27. The number of hydrogen-bond acceptors (Lipinski definition) is 13. The predicted octanol–water partition coefficient (Wildman–Crippen LogP) is 9.18. The van der Waals surface area contributed by atoms with Crippen LogP contribution in [-0.2, 0) is 9.53 Å². The zero-order valence-corrected chi connectivity index (χ0v) is 37.0. The van der Waals surface area contributed by atoms with Gasteiger partial charge < -0.3 is 43.8 Å². The van der Waals surface area contributed by atoms with Crippen molar-refractivity contribution in [2.24, 2.45) is 0 Å². The third-order valence-corrected chi connectivity index (χ3v) is 10.7. The second-order valence-corrected chi connectivity index (χ2v) is 15.5. The Balaban J connectivity index is 0.000000197. The molecule has 0 unspecified atom stereocenters. The summed E-state index contributed by atoms with van der Waals surface area (Å²) in [5.41, 5.74) is 2.60. The first kappa shape index (κ1) is 47.1. The van der Waals surface area contributed by atoms with Crippen LogP contribution in [-0.4, -0.2) is 73.8 Å². The number of alkyl halides is 2. The molecule has 15 nitrogen and oxygen atoms in total. The van der Waals surface area contributed by atoms with Crippen molar-refractivity contribution in [2.45, 2.75) is 12.8 Å². The van der Waals surface area contributed by atoms with Crippen molar-refractivity contribution in [2.75, 3.05) is 23.9 Å². The lowest BCUT2D eigenvalue weighted by molar-refractivity contribution is -0.120. The SMILES string of the molecule is O=C(OCCCBr)c1ccc(C(=O)O)c(-c2c3ccc(=O)cc-3oc3cc(O)ccc23)c1.O=COc1ccc(C(=O)O)c(-c2c3ccc(=O)cc-3oc3cc(O)ccc23)c1.OCCCBr. The molecule has 4 aliphatic rings. The number of aromatic hydroxyl groups is 2. The summed E-state index contributed by atoms with van der Waals surface area (Å²) >= 11 is 6.42. The van der Waals surface area contributed by atoms with Gasteiger partial charge in [0.1, 0.15) is 39.9 Å². The molecule has 2 aliphatic carbocycles. The van der Waals surface area contributed by atoms with Crippen LogP contribution in [0.25, 0.3) is 66.8 Å². The van der Waals surface area contributed by atoms with Gasteiger partial charge in [-0.05, 0) is 103 Å². The van der Waals surface area contributed by atoms with Crippen LogP contribution in [0.15, 0.2) is 128 Å². The Kier molecular flexibility index (Phi) is 15.5. The molecule has 65 heavy (non-hydrogen) atoms. The van der Waals surface area contributed by atoms with Gasteiger partial charge in [-0.25, -0.2) is 14.4 Å². The highest BCUT2D eigenvalue weighted by atomic mass is 79.9. The van der Waals surface area contributed by atoms with Crippen molar-refractivity contribution < 1.29 is 63.0 Å². The molecular weight excluding hydrogens is 976 g/mol. The number of carbonyl (C=O) groups excluding carboxylic acids is 2. The second-order valence-electron chi connectivity index (χ2n) is 13.9. The Hall–Kier alpha value is -7.34. The number of aromatic carboxylic acids is 2. The van der Waals surface area contributed by atoms with Gasteiger partial charge in [-0.15, -0.1) is 0 Å². The quantitative estimate of drug-likeness (QED) is 0.0252. The number of aliphatic hydroxyl groups excluding tert-OH is 1. The highest BCUT2D eigenvalue weighted by Crippen LogP contribution is 2.44. The van der Waals surface area contributed by atoms with Crippen LogP contribution in [0.3, 0.4) is 0 Å². The molecule has 332 valence electrons. The van der Waals surface area contributed by atoms with E-state index in [1.165, 1.54) is 84.9 Å². The van der Waals surface area contributed by atoms with E-state index in [4.69, 9.17) is 23.4 Å². The van der Waals surface area contributed by atoms with Crippen LogP contribution >= 0.6 is 31.9 Å². The lowest BCUT2D eigenvalue weighted by Gasteiger charge is -2.17. The maximum absolute atomic E-state index is 12.5. The van der Waals surface area contributed by atoms with Crippen LogP contribution in [0, 0.1) is 0 Å². The highest BCUT2D eigenvalue weighted by Gasteiger charge is 2.25. The summed E-state index contributed by atoms with van der Waals surface area (Å²) in [5.74, 6) is -2.39. The molecule has 0 spiro atoms. The summed E-state index contributed by atoms with van der Waals surface area (Å²) in [6.07, 6.45) is 1.50. The number of hydrogen-bond donors (Lipinski definition) is 5. The van der Waals surface area contributed by atoms with Crippen LogP contribution in [0.4, 0.5) is 0 Å². The zero-order chi connectivity index (χ0) is 46.8. The first-order valence-electron chi connectivity index (χ1n) is 19.4. The van der Waals surface area contributed by atoms with Crippen LogP contribution in [0.5, 0.6) is 17.2 Å². The number of fused-ring (bicyclic) bond motifs is 4. The molecule has 0 atom stereocenters. The molecule has 4 aromatic carbocycles. The maximum atomic E-state index is 12.5. The van der Waals surface area contributed by atoms with E-state index in [2.05, 4.69) is 31.9 Å². The van der Waals surface area contributed by atoms with E-state index >= 15 is 0 Å². The van der Waals surface area contributed by atoms with Gasteiger partial charge in [0.05, 0.1) is 23.3 Å². The lowest BCUT2D eigenvalue weighted by Crippen LogP contribution is -2.09. The molecule has 0 radical (unpaired) electrons. The molecule has 2 heterocycles. The highest BCUT2D eigenvalue weighted by molar-refractivity contribution is 9.09. The fraction of sp³-hybridized carbons (Fsp3) is 0.125. The van der Waals surface area contributed by atoms with Crippen molar-refractivity contribution in [3.63, 3.8) is 0 Å². The molecular formula is C48H36Br2O15. The van der Waals surface area contributed by atoms with Crippen molar-refractivity contribution in [3.8, 4) is 62.1 Å². The van der Waals surface area contributed by atoms with Gasteiger partial charge in [0, 0.05) is 80.1 Å². The van der Waals surface area contributed by atoms with Gasteiger partial charge in [0.15, 0.2) is 10.9 Å². The summed E-state index contributed by atoms with van der Waals surface area (Å²) < 4.78 is 21.7. The Bertz CT molecular complexity index is 3120.